The molecule has 1 aliphatic heterocycles. The second-order valence-corrected chi connectivity index (χ2v) is 5.40. The van der Waals surface area contributed by atoms with Crippen molar-refractivity contribution in [1.29, 1.82) is 0 Å². The van der Waals surface area contributed by atoms with Crippen LogP contribution in [0.15, 0.2) is 30.5 Å². The van der Waals surface area contributed by atoms with Gasteiger partial charge in [-0.1, -0.05) is 18.3 Å². The highest BCUT2D eigenvalue weighted by Crippen LogP contribution is 2.29. The SMILES string of the molecule is COc1ccc2ccnc(N3CCOC(C(N)=S)C3)c2c1. The van der Waals surface area contributed by atoms with Crippen LogP contribution in [-0.4, -0.2) is 42.9 Å². The number of nitrogens with two attached hydrogens (primary N) is 1. The minimum atomic E-state index is -0.226. The van der Waals surface area contributed by atoms with Crippen molar-refractivity contribution in [3.63, 3.8) is 0 Å². The lowest BCUT2D eigenvalue weighted by atomic mass is 10.1. The predicted octanol–water partition coefficient (Wildman–Crippen LogP) is 1.73. The molecule has 3 rings (SSSR count). The monoisotopic (exact) mass is 303 g/mol. The number of fused-ring (bicyclic) bond motifs is 1. The van der Waals surface area contributed by atoms with Crippen LogP contribution in [0, 0.1) is 0 Å². The first-order valence-electron chi connectivity index (χ1n) is 6.77. The van der Waals surface area contributed by atoms with Gasteiger partial charge in [0.15, 0.2) is 0 Å². The van der Waals surface area contributed by atoms with E-state index in [4.69, 9.17) is 27.4 Å². The molecule has 21 heavy (non-hydrogen) atoms. The number of rotatable bonds is 3. The maximum Gasteiger partial charge on any atom is 0.136 e. The summed E-state index contributed by atoms with van der Waals surface area (Å²) in [5.41, 5.74) is 5.71. The lowest BCUT2D eigenvalue weighted by molar-refractivity contribution is 0.0845. The topological polar surface area (TPSA) is 60.6 Å². The maximum absolute atomic E-state index is 5.71. The Balaban J connectivity index is 2.01. The molecule has 1 atom stereocenters. The van der Waals surface area contributed by atoms with Gasteiger partial charge in [0.25, 0.3) is 0 Å². The standard InChI is InChI=1S/C15H17N3O2S/c1-19-11-3-2-10-4-5-17-15(12(10)8-11)18-6-7-20-13(9-18)14(16)21/h2-5,8,13H,6-7,9H2,1H3,(H2,16,21). The fourth-order valence-corrected chi connectivity index (χ4v) is 2.67. The molecule has 1 unspecified atom stereocenters. The van der Waals surface area contributed by atoms with Crippen LogP contribution < -0.4 is 15.4 Å². The molecule has 0 aliphatic carbocycles. The van der Waals surface area contributed by atoms with Gasteiger partial charge in [-0.15, -0.1) is 0 Å². The van der Waals surface area contributed by atoms with E-state index in [1.165, 1.54) is 0 Å². The first kappa shape index (κ1) is 14.0. The highest BCUT2D eigenvalue weighted by atomic mass is 32.1. The van der Waals surface area contributed by atoms with E-state index in [0.717, 1.165) is 28.9 Å². The van der Waals surface area contributed by atoms with Gasteiger partial charge in [0.05, 0.1) is 20.3 Å². The van der Waals surface area contributed by atoms with E-state index < -0.39 is 0 Å². The van der Waals surface area contributed by atoms with Crippen LogP contribution in [0.1, 0.15) is 0 Å². The zero-order valence-corrected chi connectivity index (χ0v) is 12.6. The third kappa shape index (κ3) is 2.77. The van der Waals surface area contributed by atoms with Gasteiger partial charge in [-0.3, -0.25) is 0 Å². The molecule has 1 aromatic heterocycles. The summed E-state index contributed by atoms with van der Waals surface area (Å²) in [5, 5.41) is 2.18. The zero-order chi connectivity index (χ0) is 14.8. The van der Waals surface area contributed by atoms with Crippen molar-refractivity contribution in [2.24, 2.45) is 5.73 Å². The Bertz CT molecular complexity index is 677. The van der Waals surface area contributed by atoms with Crippen molar-refractivity contribution in [3.8, 4) is 5.75 Å². The average Bonchev–Trinajstić information content (AvgIpc) is 2.53. The molecule has 1 saturated heterocycles. The van der Waals surface area contributed by atoms with Gasteiger partial charge >= 0.3 is 0 Å². The number of methoxy groups -OCH3 is 1. The lowest BCUT2D eigenvalue weighted by Crippen LogP contribution is -2.48. The minimum absolute atomic E-state index is 0.226. The number of anilines is 1. The van der Waals surface area contributed by atoms with Crippen LogP contribution in [0.25, 0.3) is 10.8 Å². The van der Waals surface area contributed by atoms with Gasteiger partial charge in [0.2, 0.25) is 0 Å². The third-order valence-electron chi connectivity index (χ3n) is 3.64. The molecule has 1 aromatic carbocycles. The molecule has 6 heteroatoms. The molecule has 110 valence electrons. The summed E-state index contributed by atoms with van der Waals surface area (Å²) >= 11 is 5.04. The molecule has 1 fully saturated rings. The molecule has 0 saturated carbocycles. The van der Waals surface area contributed by atoms with Crippen LogP contribution in [0.5, 0.6) is 5.75 Å². The van der Waals surface area contributed by atoms with Gasteiger partial charge in [-0.05, 0) is 23.6 Å². The minimum Gasteiger partial charge on any atom is -0.497 e. The zero-order valence-electron chi connectivity index (χ0n) is 11.8. The first-order chi connectivity index (χ1) is 10.2. The Morgan fingerprint density at radius 2 is 2.33 bits per heavy atom. The average molecular weight is 303 g/mol. The Morgan fingerprint density at radius 3 is 3.10 bits per heavy atom. The third-order valence-corrected chi connectivity index (χ3v) is 3.90. The van der Waals surface area contributed by atoms with Crippen LogP contribution in [-0.2, 0) is 4.74 Å². The lowest BCUT2D eigenvalue weighted by Gasteiger charge is -2.33. The van der Waals surface area contributed by atoms with Crippen molar-refractivity contribution in [2.45, 2.75) is 6.10 Å². The van der Waals surface area contributed by atoms with E-state index >= 15 is 0 Å². The summed E-state index contributed by atoms with van der Waals surface area (Å²) in [5.74, 6) is 1.73. The predicted molar refractivity (Wildman–Crippen MR) is 87.0 cm³/mol. The van der Waals surface area contributed by atoms with E-state index in [9.17, 15) is 0 Å². The number of nitrogens with zero attached hydrogens (tertiary/aromatic N) is 2. The van der Waals surface area contributed by atoms with Gasteiger partial charge in [0, 0.05) is 18.1 Å². The number of thiocarbonyl (C=S) groups is 1. The molecular formula is C15H17N3O2S. The summed E-state index contributed by atoms with van der Waals surface area (Å²) in [4.78, 5) is 7.08. The Labute approximate surface area is 128 Å². The largest absolute Gasteiger partial charge is 0.497 e. The molecule has 0 amide bonds. The maximum atomic E-state index is 5.71. The second kappa shape index (κ2) is 5.83. The molecule has 2 N–H and O–H groups in total. The van der Waals surface area contributed by atoms with E-state index in [-0.39, 0.29) is 6.10 Å². The number of aromatic nitrogens is 1. The summed E-state index contributed by atoms with van der Waals surface area (Å²) < 4.78 is 10.9. The summed E-state index contributed by atoms with van der Waals surface area (Å²) in [7, 11) is 1.66. The van der Waals surface area contributed by atoms with E-state index in [1.807, 2.05) is 30.5 Å². The Hall–Kier alpha value is -1.92. The fourth-order valence-electron chi connectivity index (χ4n) is 2.52. The second-order valence-electron chi connectivity index (χ2n) is 4.93. The van der Waals surface area contributed by atoms with Crippen molar-refractivity contribution < 1.29 is 9.47 Å². The quantitative estimate of drug-likeness (QED) is 0.872. The summed E-state index contributed by atoms with van der Waals surface area (Å²) in [6.07, 6.45) is 1.59. The smallest absolute Gasteiger partial charge is 0.136 e. The molecular weight excluding hydrogens is 286 g/mol. The number of ether oxygens (including phenoxy) is 2. The van der Waals surface area contributed by atoms with Crippen LogP contribution >= 0.6 is 12.2 Å². The number of benzene rings is 1. The molecule has 1 aliphatic rings. The fraction of sp³-hybridized carbons (Fsp3) is 0.333. The van der Waals surface area contributed by atoms with Crippen LogP contribution in [0.3, 0.4) is 0 Å². The van der Waals surface area contributed by atoms with E-state index in [1.54, 1.807) is 7.11 Å². The van der Waals surface area contributed by atoms with Crippen molar-refractivity contribution in [2.75, 3.05) is 31.7 Å². The molecule has 0 radical (unpaired) electrons. The van der Waals surface area contributed by atoms with Crippen molar-refractivity contribution in [3.05, 3.63) is 30.5 Å². The number of morpholine rings is 1. The molecule has 0 spiro atoms. The van der Waals surface area contributed by atoms with Crippen molar-refractivity contribution in [1.82, 2.24) is 4.98 Å². The molecule has 0 bridgehead atoms. The normalized spacial score (nSPS) is 18.7. The van der Waals surface area contributed by atoms with Gasteiger partial charge in [-0.2, -0.15) is 0 Å². The van der Waals surface area contributed by atoms with Gasteiger partial charge in [-0.25, -0.2) is 4.98 Å². The highest BCUT2D eigenvalue weighted by molar-refractivity contribution is 7.80. The van der Waals surface area contributed by atoms with E-state index in [2.05, 4.69) is 9.88 Å². The Kier molecular flexibility index (Phi) is 3.90. The highest BCUT2D eigenvalue weighted by Gasteiger charge is 2.24. The van der Waals surface area contributed by atoms with Crippen LogP contribution in [0.4, 0.5) is 5.82 Å². The number of hydrogen-bond donors (Lipinski definition) is 1. The molecule has 5 nitrogen and oxygen atoms in total. The number of hydrogen-bond acceptors (Lipinski definition) is 5. The Morgan fingerprint density at radius 1 is 1.48 bits per heavy atom. The van der Waals surface area contributed by atoms with Gasteiger partial charge in [0.1, 0.15) is 22.7 Å². The number of pyridine rings is 1. The van der Waals surface area contributed by atoms with E-state index in [0.29, 0.717) is 18.1 Å². The van der Waals surface area contributed by atoms with Crippen molar-refractivity contribution >= 4 is 33.8 Å². The van der Waals surface area contributed by atoms with Crippen LogP contribution in [0.2, 0.25) is 0 Å². The summed E-state index contributed by atoms with van der Waals surface area (Å²) in [6.45, 7) is 1.98. The summed E-state index contributed by atoms with van der Waals surface area (Å²) in [6, 6.07) is 7.97. The van der Waals surface area contributed by atoms with Gasteiger partial charge < -0.3 is 20.1 Å². The first-order valence-corrected chi connectivity index (χ1v) is 7.18. The molecule has 2 heterocycles. The molecule has 2 aromatic rings.